The second-order valence-electron chi connectivity index (χ2n) is 11.5. The lowest BCUT2D eigenvalue weighted by atomic mass is 9.50. The Bertz CT molecular complexity index is 1260. The van der Waals surface area contributed by atoms with Crippen molar-refractivity contribution in [3.8, 4) is 11.5 Å². The zero-order valence-electron chi connectivity index (χ0n) is 22.3. The Morgan fingerprint density at radius 1 is 1.25 bits per heavy atom. The van der Waals surface area contributed by atoms with Crippen molar-refractivity contribution in [2.45, 2.75) is 62.2 Å². The van der Waals surface area contributed by atoms with Crippen LogP contribution >= 0.6 is 0 Å². The fraction of sp³-hybridized carbons (Fsp3) is 0.607. The molecule has 2 aliphatic heterocycles. The number of carbonyl (C=O) groups excluding carboxylic acids is 2. The molecule has 0 radical (unpaired) electrons. The van der Waals surface area contributed by atoms with Crippen LogP contribution in [0.2, 0.25) is 0 Å². The average Bonchev–Trinajstić information content (AvgIpc) is 3.66. The molecule has 3 aliphatic carbocycles. The predicted octanol–water partition coefficient (Wildman–Crippen LogP) is 2.05. The van der Waals surface area contributed by atoms with E-state index in [2.05, 4.69) is 10.2 Å². The number of nitrogens with zero attached hydrogens (tertiary/aromatic N) is 1. The molecule has 6 rings (SSSR count). The normalized spacial score (nSPS) is 30.3. The number of phenols is 1. The zero-order chi connectivity index (χ0) is 28.2. The Labute approximate surface area is 230 Å². The molecule has 1 unspecified atom stereocenters. The number of phenolic OH excluding ortho intramolecular Hbond substituents is 1. The Morgan fingerprint density at radius 2 is 2.05 bits per heavy atom. The summed E-state index contributed by atoms with van der Waals surface area (Å²) in [5, 5.41) is 34.3. The van der Waals surface area contributed by atoms with Crippen LogP contribution < -0.4 is 10.1 Å². The van der Waals surface area contributed by atoms with Gasteiger partial charge in [0.1, 0.15) is 19.0 Å². The van der Waals surface area contributed by atoms with Gasteiger partial charge in [-0.1, -0.05) is 6.07 Å². The molecule has 2 fully saturated rings. The third-order valence-corrected chi connectivity index (χ3v) is 9.06. The van der Waals surface area contributed by atoms with Crippen molar-refractivity contribution in [3.05, 3.63) is 35.1 Å². The van der Waals surface area contributed by atoms with Gasteiger partial charge in [0, 0.05) is 24.6 Å². The predicted molar refractivity (Wildman–Crippen MR) is 137 cm³/mol. The smallest absolute Gasteiger partial charge is 0.504 e. The lowest BCUT2D eigenvalue weighted by Gasteiger charge is -2.62. The summed E-state index contributed by atoms with van der Waals surface area (Å²) in [6.07, 6.45) is 2.99. The van der Waals surface area contributed by atoms with Crippen LogP contribution in [0.15, 0.2) is 24.0 Å². The van der Waals surface area contributed by atoms with Gasteiger partial charge >= 0.3 is 18.2 Å². The number of carboxylic acid groups (broad SMARTS) is 1. The van der Waals surface area contributed by atoms with Crippen molar-refractivity contribution in [1.82, 2.24) is 10.2 Å². The van der Waals surface area contributed by atoms with Crippen LogP contribution in [-0.2, 0) is 30.8 Å². The maximum Gasteiger partial charge on any atom is 0.513 e. The number of ether oxygens (including phenoxy) is 4. The fourth-order valence-electron chi connectivity index (χ4n) is 6.90. The Morgan fingerprint density at radius 3 is 2.80 bits per heavy atom. The number of aliphatic carboxylic acids is 1. The second kappa shape index (κ2) is 9.84. The number of aromatic hydroxyl groups is 1. The summed E-state index contributed by atoms with van der Waals surface area (Å²) in [5.74, 6) is -0.710. The molecule has 1 saturated carbocycles. The van der Waals surface area contributed by atoms with Gasteiger partial charge in [-0.2, -0.15) is 0 Å². The molecule has 12 heteroatoms. The topological polar surface area (TPSA) is 164 Å². The number of benzene rings is 1. The Balaban J connectivity index is 1.14. The number of hydrogen-bond acceptors (Lipinski definition) is 10. The molecule has 4 N–H and O–H groups in total. The van der Waals surface area contributed by atoms with Crippen LogP contribution in [0.4, 0.5) is 9.59 Å². The number of alkyl carbamates (subject to hydrolysis) is 1. The molecule has 12 nitrogen and oxygen atoms in total. The number of likely N-dealkylation sites (tertiary alicyclic amines) is 1. The summed E-state index contributed by atoms with van der Waals surface area (Å²) in [6.45, 7) is 2.57. The van der Waals surface area contributed by atoms with Crippen molar-refractivity contribution in [3.63, 3.8) is 0 Å². The number of carboxylic acids is 1. The molecule has 2 heterocycles. The maximum atomic E-state index is 12.6. The third-order valence-electron chi connectivity index (χ3n) is 9.06. The van der Waals surface area contributed by atoms with Gasteiger partial charge in [0.25, 0.3) is 0 Å². The van der Waals surface area contributed by atoms with Crippen LogP contribution in [0, 0.1) is 11.8 Å². The van der Waals surface area contributed by atoms with Gasteiger partial charge in [0.05, 0.1) is 23.5 Å². The average molecular weight is 559 g/mol. The van der Waals surface area contributed by atoms with Gasteiger partial charge < -0.3 is 39.6 Å². The van der Waals surface area contributed by atoms with E-state index in [4.69, 9.17) is 24.1 Å². The molecule has 2 bridgehead atoms. The molecule has 1 spiro atoms. The number of carbonyl (C=O) groups is 3. The van der Waals surface area contributed by atoms with E-state index in [1.807, 2.05) is 6.07 Å². The summed E-state index contributed by atoms with van der Waals surface area (Å²) >= 11 is 0. The first-order chi connectivity index (χ1) is 19.1. The summed E-state index contributed by atoms with van der Waals surface area (Å²) in [7, 11) is 0. The SMILES string of the molecule is CC(COC(=O)NCCOC(=O)OC1=CC[C@@]2(O)[C@H]3Cc4ccc(O)c5c4[C@@]2(CCN3CC2CC2)[C@H]1O5)C(=O)O. The highest BCUT2D eigenvalue weighted by molar-refractivity contribution is 5.71. The van der Waals surface area contributed by atoms with Gasteiger partial charge in [0.2, 0.25) is 0 Å². The number of amides is 1. The number of hydrogen-bond donors (Lipinski definition) is 4. The summed E-state index contributed by atoms with van der Waals surface area (Å²) < 4.78 is 21.8. The highest BCUT2D eigenvalue weighted by Crippen LogP contribution is 2.65. The molecule has 1 aromatic rings. The van der Waals surface area contributed by atoms with Gasteiger partial charge in [-0.3, -0.25) is 9.69 Å². The number of rotatable bonds is 9. The minimum Gasteiger partial charge on any atom is -0.504 e. The molecule has 5 atom stereocenters. The minimum absolute atomic E-state index is 0.0126. The van der Waals surface area contributed by atoms with E-state index in [-0.39, 0.29) is 43.7 Å². The lowest BCUT2D eigenvalue weighted by molar-refractivity contribution is -0.169. The summed E-state index contributed by atoms with van der Waals surface area (Å²) in [4.78, 5) is 37.5. The summed E-state index contributed by atoms with van der Waals surface area (Å²) in [5.41, 5.74) is -0.187. The fourth-order valence-corrected chi connectivity index (χ4v) is 6.90. The van der Waals surface area contributed by atoms with E-state index >= 15 is 0 Å². The first kappa shape index (κ1) is 26.7. The van der Waals surface area contributed by atoms with Crippen LogP contribution in [-0.4, -0.2) is 89.0 Å². The van der Waals surface area contributed by atoms with Gasteiger partial charge in [-0.05, 0) is 62.8 Å². The second-order valence-corrected chi connectivity index (χ2v) is 11.5. The van der Waals surface area contributed by atoms with Crippen LogP contribution in [0.3, 0.4) is 0 Å². The van der Waals surface area contributed by atoms with E-state index < -0.39 is 41.3 Å². The Hall–Kier alpha value is -3.51. The van der Waals surface area contributed by atoms with E-state index in [0.717, 1.165) is 24.2 Å². The lowest BCUT2D eigenvalue weighted by Crippen LogP contribution is -2.75. The minimum atomic E-state index is -1.16. The molecule has 216 valence electrons. The molecule has 1 saturated heterocycles. The van der Waals surface area contributed by atoms with E-state index in [0.29, 0.717) is 24.5 Å². The number of nitrogens with one attached hydrogen (secondary N) is 1. The van der Waals surface area contributed by atoms with Gasteiger partial charge in [-0.25, -0.2) is 9.59 Å². The molecular weight excluding hydrogens is 524 g/mol. The molecule has 1 aromatic carbocycles. The summed E-state index contributed by atoms with van der Waals surface area (Å²) in [6, 6.07) is 3.40. The molecule has 1 amide bonds. The van der Waals surface area contributed by atoms with Crippen molar-refractivity contribution in [1.29, 1.82) is 0 Å². The third kappa shape index (κ3) is 4.24. The molecule has 5 aliphatic rings. The maximum absolute atomic E-state index is 12.6. The van der Waals surface area contributed by atoms with Crippen molar-refractivity contribution in [2.75, 3.05) is 32.8 Å². The number of aliphatic hydroxyl groups is 1. The van der Waals surface area contributed by atoms with Crippen molar-refractivity contribution < 1.29 is 48.7 Å². The quantitative estimate of drug-likeness (QED) is 0.259. The largest absolute Gasteiger partial charge is 0.513 e. The first-order valence-electron chi connectivity index (χ1n) is 13.8. The zero-order valence-corrected chi connectivity index (χ0v) is 22.3. The molecular formula is C28H34N2O10. The highest BCUT2D eigenvalue weighted by Gasteiger charge is 2.72. The van der Waals surface area contributed by atoms with Crippen molar-refractivity contribution in [2.24, 2.45) is 11.8 Å². The van der Waals surface area contributed by atoms with Crippen LogP contribution in [0.1, 0.15) is 43.7 Å². The van der Waals surface area contributed by atoms with E-state index in [1.54, 1.807) is 12.1 Å². The van der Waals surface area contributed by atoms with Gasteiger partial charge in [-0.15, -0.1) is 0 Å². The first-order valence-corrected chi connectivity index (χ1v) is 13.8. The van der Waals surface area contributed by atoms with Crippen LogP contribution in [0.25, 0.3) is 0 Å². The van der Waals surface area contributed by atoms with E-state index in [9.17, 15) is 24.6 Å². The monoisotopic (exact) mass is 558 g/mol. The standard InChI is InChI=1S/C28H34N2O10/c1-15(24(32)33)14-38-25(34)29-9-11-37-26(35)39-19-6-7-28(36)20-12-17-4-5-18(31)22-21(17)27(28,23(19)40-22)8-10-30(20)13-16-2-3-16/h4-6,15-16,20,23,31,36H,2-3,7-14H2,1H3,(H,29,34)(H,32,33)/t15?,20-,23+,27+,28-/m1/s1. The number of piperidine rings is 1. The highest BCUT2D eigenvalue weighted by atomic mass is 16.7. The molecule has 40 heavy (non-hydrogen) atoms. The molecule has 0 aromatic heterocycles. The Kier molecular flexibility index (Phi) is 6.57. The van der Waals surface area contributed by atoms with E-state index in [1.165, 1.54) is 19.8 Å². The van der Waals surface area contributed by atoms with Crippen LogP contribution in [0.5, 0.6) is 11.5 Å². The van der Waals surface area contributed by atoms with Crippen molar-refractivity contribution >= 4 is 18.2 Å². The van der Waals surface area contributed by atoms with Gasteiger partial charge in [0.15, 0.2) is 17.6 Å².